The summed E-state index contributed by atoms with van der Waals surface area (Å²) < 4.78 is 0. The Morgan fingerprint density at radius 2 is 1.75 bits per heavy atom. The molecule has 1 heterocycles. The minimum absolute atomic E-state index is 0.294. The van der Waals surface area contributed by atoms with Crippen LogP contribution in [0, 0.1) is 5.92 Å². The number of piperidine rings is 1. The maximum absolute atomic E-state index is 10.5. The second kappa shape index (κ2) is 5.50. The Hall–Kier alpha value is -0.0800. The topological polar surface area (TPSA) is 23.5 Å². The van der Waals surface area contributed by atoms with Gasteiger partial charge >= 0.3 is 0 Å². The van der Waals surface area contributed by atoms with Gasteiger partial charge in [-0.05, 0) is 57.7 Å². The second-order valence-corrected chi connectivity index (χ2v) is 5.87. The highest BCUT2D eigenvalue weighted by molar-refractivity contribution is 4.86. The van der Waals surface area contributed by atoms with E-state index < -0.39 is 0 Å². The third kappa shape index (κ3) is 3.21. The molecular weight excluding hydrogens is 198 g/mol. The predicted octanol–water partition coefficient (Wildman–Crippen LogP) is 2.80. The van der Waals surface area contributed by atoms with Crippen molar-refractivity contribution in [1.29, 1.82) is 0 Å². The van der Waals surface area contributed by atoms with Crippen LogP contribution in [0.2, 0.25) is 0 Å². The van der Waals surface area contributed by atoms with E-state index in [0.29, 0.717) is 0 Å². The van der Waals surface area contributed by atoms with Crippen LogP contribution in [0.3, 0.4) is 0 Å². The largest absolute Gasteiger partial charge is 0.390 e. The summed E-state index contributed by atoms with van der Waals surface area (Å²) in [6, 6.07) is 0. The third-order valence-electron chi connectivity index (χ3n) is 4.61. The van der Waals surface area contributed by atoms with Crippen molar-refractivity contribution in [3.05, 3.63) is 0 Å². The van der Waals surface area contributed by atoms with Gasteiger partial charge in [-0.25, -0.2) is 0 Å². The summed E-state index contributed by atoms with van der Waals surface area (Å²) in [5.74, 6) is 0.783. The van der Waals surface area contributed by atoms with E-state index in [4.69, 9.17) is 0 Å². The molecule has 1 N–H and O–H groups in total. The Kier molecular flexibility index (Phi) is 4.26. The van der Waals surface area contributed by atoms with E-state index >= 15 is 0 Å². The highest BCUT2D eigenvalue weighted by atomic mass is 16.3. The van der Waals surface area contributed by atoms with Gasteiger partial charge in [0.05, 0.1) is 5.60 Å². The van der Waals surface area contributed by atoms with Crippen LogP contribution in [-0.4, -0.2) is 35.2 Å². The van der Waals surface area contributed by atoms with Gasteiger partial charge in [-0.1, -0.05) is 26.2 Å². The monoisotopic (exact) mass is 225 g/mol. The highest BCUT2D eigenvalue weighted by Crippen LogP contribution is 2.36. The van der Waals surface area contributed by atoms with Crippen molar-refractivity contribution in [1.82, 2.24) is 4.90 Å². The lowest BCUT2D eigenvalue weighted by atomic mass is 9.76. The lowest BCUT2D eigenvalue weighted by molar-refractivity contribution is -0.0250. The fraction of sp³-hybridized carbons (Fsp3) is 1.00. The molecule has 1 aliphatic heterocycles. The summed E-state index contributed by atoms with van der Waals surface area (Å²) in [5.41, 5.74) is -0.294. The van der Waals surface area contributed by atoms with Gasteiger partial charge in [0.2, 0.25) is 0 Å². The number of hydrogen-bond acceptors (Lipinski definition) is 2. The Morgan fingerprint density at radius 3 is 2.31 bits per heavy atom. The Bertz CT molecular complexity index is 203. The van der Waals surface area contributed by atoms with Crippen LogP contribution in [-0.2, 0) is 0 Å². The van der Waals surface area contributed by atoms with E-state index in [0.717, 1.165) is 25.2 Å². The van der Waals surface area contributed by atoms with E-state index in [1.807, 2.05) is 0 Å². The minimum Gasteiger partial charge on any atom is -0.390 e. The van der Waals surface area contributed by atoms with E-state index in [1.165, 1.54) is 51.7 Å². The van der Waals surface area contributed by atoms with E-state index in [-0.39, 0.29) is 5.60 Å². The molecule has 0 unspecified atom stereocenters. The van der Waals surface area contributed by atoms with Crippen LogP contribution in [0.25, 0.3) is 0 Å². The maximum atomic E-state index is 10.5. The molecule has 94 valence electrons. The van der Waals surface area contributed by atoms with Gasteiger partial charge in [0.25, 0.3) is 0 Å². The first-order valence-corrected chi connectivity index (χ1v) is 7.16. The number of aliphatic hydroxyl groups is 1. The molecular formula is C14H27NO. The Morgan fingerprint density at radius 1 is 1.12 bits per heavy atom. The molecule has 1 aliphatic carbocycles. The quantitative estimate of drug-likeness (QED) is 0.798. The summed E-state index contributed by atoms with van der Waals surface area (Å²) >= 11 is 0. The number of rotatable bonds is 3. The fourth-order valence-electron chi connectivity index (χ4n) is 3.46. The Balaban J connectivity index is 1.77. The molecule has 2 nitrogen and oxygen atoms in total. The molecule has 0 bridgehead atoms. The standard InChI is InChI=1S/C14H27NO/c1-2-15-10-6-13(7-11-15)12-14(16)8-4-3-5-9-14/h13,16H,2-12H2,1H3. The SMILES string of the molecule is CCN1CCC(CC2(O)CCCCC2)CC1. The number of hydrogen-bond donors (Lipinski definition) is 1. The molecule has 1 saturated heterocycles. The van der Waals surface area contributed by atoms with E-state index in [2.05, 4.69) is 11.8 Å². The van der Waals surface area contributed by atoms with Gasteiger partial charge in [-0.15, -0.1) is 0 Å². The van der Waals surface area contributed by atoms with Crippen LogP contribution in [0.5, 0.6) is 0 Å². The molecule has 0 atom stereocenters. The molecule has 2 fully saturated rings. The van der Waals surface area contributed by atoms with Crippen molar-refractivity contribution < 1.29 is 5.11 Å². The lowest BCUT2D eigenvalue weighted by Crippen LogP contribution is -2.39. The zero-order valence-corrected chi connectivity index (χ0v) is 10.7. The molecule has 0 aromatic rings. The van der Waals surface area contributed by atoms with Gasteiger partial charge in [0.15, 0.2) is 0 Å². The third-order valence-corrected chi connectivity index (χ3v) is 4.61. The molecule has 16 heavy (non-hydrogen) atoms. The van der Waals surface area contributed by atoms with Crippen LogP contribution >= 0.6 is 0 Å². The van der Waals surface area contributed by atoms with Crippen LogP contribution in [0.4, 0.5) is 0 Å². The molecule has 1 saturated carbocycles. The average Bonchev–Trinajstić information content (AvgIpc) is 2.30. The average molecular weight is 225 g/mol. The lowest BCUT2D eigenvalue weighted by Gasteiger charge is -2.38. The Labute approximate surface area is 100 Å². The zero-order chi connectivity index (χ0) is 11.4. The predicted molar refractivity (Wildman–Crippen MR) is 67.5 cm³/mol. The first-order chi connectivity index (χ1) is 7.72. The molecule has 0 aromatic heterocycles. The smallest absolute Gasteiger partial charge is 0.0650 e. The molecule has 0 aromatic carbocycles. The van der Waals surface area contributed by atoms with Crippen molar-refractivity contribution in [3.8, 4) is 0 Å². The maximum Gasteiger partial charge on any atom is 0.0650 e. The van der Waals surface area contributed by atoms with Gasteiger partial charge < -0.3 is 10.0 Å². The van der Waals surface area contributed by atoms with E-state index in [9.17, 15) is 5.11 Å². The minimum atomic E-state index is -0.294. The summed E-state index contributed by atoms with van der Waals surface area (Å²) in [7, 11) is 0. The molecule has 2 rings (SSSR count). The van der Waals surface area contributed by atoms with Gasteiger partial charge in [-0.3, -0.25) is 0 Å². The number of nitrogens with zero attached hydrogens (tertiary/aromatic N) is 1. The fourth-order valence-corrected chi connectivity index (χ4v) is 3.46. The first kappa shape index (κ1) is 12.4. The summed E-state index contributed by atoms with van der Waals surface area (Å²) in [4.78, 5) is 2.53. The van der Waals surface area contributed by atoms with Crippen LogP contribution in [0.1, 0.15) is 58.3 Å². The molecule has 0 spiro atoms. The van der Waals surface area contributed by atoms with Crippen molar-refractivity contribution >= 4 is 0 Å². The van der Waals surface area contributed by atoms with Crippen molar-refractivity contribution in [2.45, 2.75) is 63.9 Å². The highest BCUT2D eigenvalue weighted by Gasteiger charge is 2.33. The second-order valence-electron chi connectivity index (χ2n) is 5.87. The molecule has 0 radical (unpaired) electrons. The van der Waals surface area contributed by atoms with Crippen LogP contribution < -0.4 is 0 Å². The summed E-state index contributed by atoms with van der Waals surface area (Å²) in [6.45, 7) is 5.93. The van der Waals surface area contributed by atoms with Crippen LogP contribution in [0.15, 0.2) is 0 Å². The van der Waals surface area contributed by atoms with Gasteiger partial charge in [0.1, 0.15) is 0 Å². The molecule has 2 aliphatic rings. The number of likely N-dealkylation sites (tertiary alicyclic amines) is 1. The normalized spacial score (nSPS) is 28.1. The first-order valence-electron chi connectivity index (χ1n) is 7.16. The molecule has 0 amide bonds. The van der Waals surface area contributed by atoms with E-state index in [1.54, 1.807) is 0 Å². The van der Waals surface area contributed by atoms with Crippen molar-refractivity contribution in [2.24, 2.45) is 5.92 Å². The van der Waals surface area contributed by atoms with Gasteiger partial charge in [-0.2, -0.15) is 0 Å². The summed E-state index contributed by atoms with van der Waals surface area (Å²) in [6.07, 6.45) is 9.60. The zero-order valence-electron chi connectivity index (χ0n) is 10.7. The van der Waals surface area contributed by atoms with Crippen molar-refractivity contribution in [2.75, 3.05) is 19.6 Å². The van der Waals surface area contributed by atoms with Gasteiger partial charge in [0, 0.05) is 0 Å². The summed E-state index contributed by atoms with van der Waals surface area (Å²) in [5, 5.41) is 10.5. The van der Waals surface area contributed by atoms with Crippen molar-refractivity contribution in [3.63, 3.8) is 0 Å². The molecule has 2 heteroatoms.